The fourth-order valence-electron chi connectivity index (χ4n) is 3.23. The first-order valence-electron chi connectivity index (χ1n) is 10.5. The van der Waals surface area contributed by atoms with Gasteiger partial charge in [-0.3, -0.25) is 4.79 Å². The maximum atomic E-state index is 12.7. The first kappa shape index (κ1) is 23.9. The lowest BCUT2D eigenvalue weighted by Crippen LogP contribution is -2.14. The Morgan fingerprint density at radius 3 is 2.55 bits per heavy atom. The molecule has 33 heavy (non-hydrogen) atoms. The lowest BCUT2D eigenvalue weighted by atomic mass is 10.1. The highest BCUT2D eigenvalue weighted by atomic mass is 35.5. The predicted molar refractivity (Wildman–Crippen MR) is 132 cm³/mol. The van der Waals surface area contributed by atoms with Crippen LogP contribution in [0.2, 0.25) is 5.02 Å². The van der Waals surface area contributed by atoms with Gasteiger partial charge in [-0.15, -0.1) is 0 Å². The van der Waals surface area contributed by atoms with Crippen molar-refractivity contribution in [3.63, 3.8) is 0 Å². The molecule has 0 radical (unpaired) electrons. The molecule has 3 aromatic carbocycles. The summed E-state index contributed by atoms with van der Waals surface area (Å²) >= 11 is 6.21. The summed E-state index contributed by atoms with van der Waals surface area (Å²) in [6.07, 6.45) is 1.53. The highest BCUT2D eigenvalue weighted by Crippen LogP contribution is 2.31. The van der Waals surface area contributed by atoms with Gasteiger partial charge in [-0.1, -0.05) is 53.6 Å². The number of amides is 1. The summed E-state index contributed by atoms with van der Waals surface area (Å²) < 4.78 is 11.6. The van der Waals surface area contributed by atoms with E-state index in [1.807, 2.05) is 69.3 Å². The van der Waals surface area contributed by atoms with Gasteiger partial charge in [0, 0.05) is 16.3 Å². The number of halogens is 1. The van der Waals surface area contributed by atoms with Crippen molar-refractivity contribution in [2.75, 3.05) is 11.9 Å². The van der Waals surface area contributed by atoms with Gasteiger partial charge in [0.1, 0.15) is 18.2 Å². The highest BCUT2D eigenvalue weighted by Gasteiger charge is 2.13. The monoisotopic (exact) mass is 460 g/mol. The Morgan fingerprint density at radius 2 is 1.85 bits per heavy atom. The Morgan fingerprint density at radius 1 is 1.06 bits per heavy atom. The predicted octanol–water partition coefficient (Wildman–Crippen LogP) is 6.48. The standard InChI is InChI=1S/C27H25ClN2O3/c1-4-32-26-15-20(10-12-25(26)33-17-21-7-5-6-8-23(21)28)14-22(16-29)27(31)30-24-11-9-18(2)13-19(24)3/h5-15H,4,17H2,1-3H3,(H,30,31)/b22-14-. The summed E-state index contributed by atoms with van der Waals surface area (Å²) in [4.78, 5) is 12.7. The largest absolute Gasteiger partial charge is 0.490 e. The summed E-state index contributed by atoms with van der Waals surface area (Å²) in [6, 6.07) is 20.4. The summed E-state index contributed by atoms with van der Waals surface area (Å²) in [7, 11) is 0. The molecule has 0 aliphatic rings. The van der Waals surface area contributed by atoms with Crippen LogP contribution in [0.5, 0.6) is 11.5 Å². The van der Waals surface area contributed by atoms with Crippen LogP contribution in [0.15, 0.2) is 66.2 Å². The fourth-order valence-corrected chi connectivity index (χ4v) is 3.42. The van der Waals surface area contributed by atoms with Crippen molar-refractivity contribution < 1.29 is 14.3 Å². The van der Waals surface area contributed by atoms with Crippen LogP contribution in [0.1, 0.15) is 29.2 Å². The molecule has 0 heterocycles. The van der Waals surface area contributed by atoms with Crippen LogP contribution in [-0.4, -0.2) is 12.5 Å². The van der Waals surface area contributed by atoms with Crippen LogP contribution in [-0.2, 0) is 11.4 Å². The molecule has 0 bridgehead atoms. The summed E-state index contributed by atoms with van der Waals surface area (Å²) in [5.41, 5.74) is 4.20. The van der Waals surface area contributed by atoms with Crippen molar-refractivity contribution in [3.05, 3.63) is 93.5 Å². The third-order valence-corrected chi connectivity index (χ3v) is 5.28. The van der Waals surface area contributed by atoms with E-state index in [0.29, 0.717) is 34.4 Å². The van der Waals surface area contributed by atoms with E-state index in [9.17, 15) is 10.1 Å². The van der Waals surface area contributed by atoms with Crippen molar-refractivity contribution in [3.8, 4) is 17.6 Å². The Labute approximate surface area is 199 Å². The number of nitrogens with one attached hydrogen (secondary N) is 1. The molecule has 168 valence electrons. The number of ether oxygens (including phenoxy) is 2. The SMILES string of the molecule is CCOc1cc(/C=C(/C#N)C(=O)Nc2ccc(C)cc2C)ccc1OCc1ccccc1Cl. The number of carbonyl (C=O) groups is 1. The lowest BCUT2D eigenvalue weighted by Gasteiger charge is -2.13. The molecule has 6 heteroatoms. The molecule has 0 unspecified atom stereocenters. The molecule has 0 saturated heterocycles. The van der Waals surface area contributed by atoms with Crippen LogP contribution >= 0.6 is 11.6 Å². The molecule has 0 atom stereocenters. The van der Waals surface area contributed by atoms with E-state index in [-0.39, 0.29) is 12.2 Å². The van der Waals surface area contributed by atoms with Crippen molar-refractivity contribution >= 4 is 29.3 Å². The molecule has 5 nitrogen and oxygen atoms in total. The number of anilines is 1. The van der Waals surface area contributed by atoms with E-state index < -0.39 is 5.91 Å². The number of hydrogen-bond acceptors (Lipinski definition) is 4. The van der Waals surface area contributed by atoms with Gasteiger partial charge >= 0.3 is 0 Å². The summed E-state index contributed by atoms with van der Waals surface area (Å²) in [6.45, 7) is 6.49. The van der Waals surface area contributed by atoms with E-state index >= 15 is 0 Å². The number of rotatable bonds is 8. The molecular weight excluding hydrogens is 436 g/mol. The molecule has 1 N–H and O–H groups in total. The summed E-state index contributed by atoms with van der Waals surface area (Å²) in [5, 5.41) is 13.0. The second kappa shape index (κ2) is 11.2. The van der Waals surface area contributed by atoms with E-state index in [2.05, 4.69) is 5.32 Å². The minimum atomic E-state index is -0.471. The molecule has 0 aromatic heterocycles. The van der Waals surface area contributed by atoms with Gasteiger partial charge in [0.25, 0.3) is 5.91 Å². The van der Waals surface area contributed by atoms with Gasteiger partial charge < -0.3 is 14.8 Å². The van der Waals surface area contributed by atoms with Gasteiger partial charge in [0.2, 0.25) is 0 Å². The van der Waals surface area contributed by atoms with Crippen molar-refractivity contribution in [2.24, 2.45) is 0 Å². The molecular formula is C27H25ClN2O3. The molecule has 3 aromatic rings. The van der Waals surface area contributed by atoms with E-state index in [0.717, 1.165) is 16.7 Å². The Bertz CT molecular complexity index is 1230. The average Bonchev–Trinajstić information content (AvgIpc) is 2.80. The maximum Gasteiger partial charge on any atom is 0.266 e. The van der Waals surface area contributed by atoms with Gasteiger partial charge in [-0.2, -0.15) is 5.26 Å². The fraction of sp³-hybridized carbons (Fsp3) is 0.185. The minimum Gasteiger partial charge on any atom is -0.490 e. The molecule has 0 spiro atoms. The zero-order valence-electron chi connectivity index (χ0n) is 18.8. The number of aryl methyl sites for hydroxylation is 2. The summed E-state index contributed by atoms with van der Waals surface area (Å²) in [5.74, 6) is 0.596. The van der Waals surface area contributed by atoms with Crippen molar-refractivity contribution in [1.29, 1.82) is 5.26 Å². The number of nitrogens with zero attached hydrogens (tertiary/aromatic N) is 1. The molecule has 0 aliphatic heterocycles. The van der Waals surface area contributed by atoms with Crippen LogP contribution in [0.25, 0.3) is 6.08 Å². The molecule has 0 saturated carbocycles. The van der Waals surface area contributed by atoms with Crippen molar-refractivity contribution in [1.82, 2.24) is 0 Å². The first-order valence-corrected chi connectivity index (χ1v) is 10.9. The Hall–Kier alpha value is -3.75. The molecule has 3 rings (SSSR count). The second-order valence-corrected chi connectivity index (χ2v) is 7.87. The van der Waals surface area contributed by atoms with E-state index in [1.165, 1.54) is 6.08 Å². The highest BCUT2D eigenvalue weighted by molar-refractivity contribution is 6.31. The molecule has 0 aliphatic carbocycles. The number of benzene rings is 3. The van der Waals surface area contributed by atoms with E-state index in [4.69, 9.17) is 21.1 Å². The zero-order valence-corrected chi connectivity index (χ0v) is 19.6. The third-order valence-electron chi connectivity index (χ3n) is 4.91. The molecule has 1 amide bonds. The quantitative estimate of drug-likeness (QED) is 0.308. The average molecular weight is 461 g/mol. The third kappa shape index (κ3) is 6.38. The van der Waals surface area contributed by atoms with Gasteiger partial charge in [-0.25, -0.2) is 0 Å². The van der Waals surface area contributed by atoms with Crippen LogP contribution in [0.4, 0.5) is 5.69 Å². The lowest BCUT2D eigenvalue weighted by molar-refractivity contribution is -0.112. The first-order chi connectivity index (χ1) is 15.9. The minimum absolute atomic E-state index is 0.0119. The molecule has 0 fully saturated rings. The topological polar surface area (TPSA) is 71.3 Å². The van der Waals surface area contributed by atoms with Gasteiger partial charge in [0.15, 0.2) is 11.5 Å². The van der Waals surface area contributed by atoms with Gasteiger partial charge in [-0.05, 0) is 62.2 Å². The van der Waals surface area contributed by atoms with Crippen LogP contribution in [0, 0.1) is 25.2 Å². The maximum absolute atomic E-state index is 12.7. The zero-order chi connectivity index (χ0) is 23.8. The number of hydrogen-bond donors (Lipinski definition) is 1. The normalized spacial score (nSPS) is 10.9. The number of nitriles is 1. The smallest absolute Gasteiger partial charge is 0.266 e. The van der Waals surface area contributed by atoms with Crippen molar-refractivity contribution in [2.45, 2.75) is 27.4 Å². The second-order valence-electron chi connectivity index (χ2n) is 7.46. The van der Waals surface area contributed by atoms with Crippen LogP contribution < -0.4 is 14.8 Å². The Kier molecular flexibility index (Phi) is 8.12. The Balaban J connectivity index is 1.80. The number of carbonyl (C=O) groups excluding carboxylic acids is 1. The van der Waals surface area contributed by atoms with E-state index in [1.54, 1.807) is 18.2 Å². The van der Waals surface area contributed by atoms with Crippen LogP contribution in [0.3, 0.4) is 0 Å². The van der Waals surface area contributed by atoms with Gasteiger partial charge in [0.05, 0.1) is 6.61 Å².